The van der Waals surface area contributed by atoms with Crippen LogP contribution in [0.4, 0.5) is 0 Å². The normalized spacial score (nSPS) is 17.0. The Morgan fingerprint density at radius 1 is 1.36 bits per heavy atom. The fourth-order valence-corrected chi connectivity index (χ4v) is 2.71. The molecule has 1 aliphatic rings. The zero-order valence-corrected chi connectivity index (χ0v) is 14.4. The number of carbonyl (C=O) groups excluding carboxylic acids is 1. The monoisotopic (exact) mass is 325 g/mol. The molecule has 1 amide bonds. The Morgan fingerprint density at radius 2 is 2.05 bits per heavy atom. The smallest absolute Gasteiger partial charge is 0.237 e. The van der Waals surface area contributed by atoms with Gasteiger partial charge in [-0.2, -0.15) is 0 Å². The lowest BCUT2D eigenvalue weighted by atomic mass is 9.99. The summed E-state index contributed by atoms with van der Waals surface area (Å²) in [6, 6.07) is 8.20. The van der Waals surface area contributed by atoms with Crippen molar-refractivity contribution in [1.29, 1.82) is 0 Å². The average Bonchev–Trinajstić information content (AvgIpc) is 2.53. The number of hydrogen-bond donors (Lipinski definition) is 2. The van der Waals surface area contributed by atoms with Gasteiger partial charge in [-0.05, 0) is 23.5 Å². The maximum atomic E-state index is 11.9. The van der Waals surface area contributed by atoms with Crippen molar-refractivity contribution < 1.29 is 4.79 Å². The van der Waals surface area contributed by atoms with Gasteiger partial charge in [0, 0.05) is 26.2 Å². The van der Waals surface area contributed by atoms with E-state index in [1.54, 1.807) is 0 Å². The van der Waals surface area contributed by atoms with Crippen LogP contribution in [0.3, 0.4) is 0 Å². The SMILES string of the molecule is CCC(C)C(N)C(=O)NCCN1CCc2ccccc2C1.Cl. The third-order valence-electron chi connectivity index (χ3n) is 4.50. The molecule has 0 radical (unpaired) electrons. The molecule has 0 saturated heterocycles. The molecule has 22 heavy (non-hydrogen) atoms. The summed E-state index contributed by atoms with van der Waals surface area (Å²) in [5.74, 6) is 0.202. The van der Waals surface area contributed by atoms with E-state index in [1.807, 2.05) is 6.92 Å². The maximum absolute atomic E-state index is 11.9. The Labute approximate surface area is 139 Å². The molecule has 0 fully saturated rings. The topological polar surface area (TPSA) is 58.4 Å². The summed E-state index contributed by atoms with van der Waals surface area (Å²) < 4.78 is 0. The number of nitrogens with one attached hydrogen (secondary N) is 1. The van der Waals surface area contributed by atoms with E-state index in [1.165, 1.54) is 11.1 Å². The lowest BCUT2D eigenvalue weighted by molar-refractivity contribution is -0.123. The molecule has 124 valence electrons. The van der Waals surface area contributed by atoms with Crippen LogP contribution in [-0.4, -0.2) is 36.5 Å². The summed E-state index contributed by atoms with van der Waals surface area (Å²) in [7, 11) is 0. The van der Waals surface area contributed by atoms with Crippen molar-refractivity contribution in [3.05, 3.63) is 35.4 Å². The highest BCUT2D eigenvalue weighted by Crippen LogP contribution is 2.17. The number of hydrogen-bond acceptors (Lipinski definition) is 3. The number of nitrogens with zero attached hydrogens (tertiary/aromatic N) is 1. The molecule has 2 rings (SSSR count). The number of fused-ring (bicyclic) bond motifs is 1. The van der Waals surface area contributed by atoms with E-state index in [9.17, 15) is 4.79 Å². The summed E-state index contributed by atoms with van der Waals surface area (Å²) in [4.78, 5) is 14.3. The van der Waals surface area contributed by atoms with Crippen LogP contribution in [0, 0.1) is 5.92 Å². The standard InChI is InChI=1S/C17H27N3O.ClH/c1-3-13(2)16(18)17(21)19-9-11-20-10-8-14-6-4-5-7-15(14)12-20;/h4-7,13,16H,3,8-12,18H2,1-2H3,(H,19,21);1H. The zero-order valence-electron chi connectivity index (χ0n) is 13.5. The van der Waals surface area contributed by atoms with Gasteiger partial charge < -0.3 is 11.1 Å². The molecule has 3 N–H and O–H groups in total. The van der Waals surface area contributed by atoms with Crippen LogP contribution < -0.4 is 11.1 Å². The Bertz CT molecular complexity index is 481. The number of amides is 1. The van der Waals surface area contributed by atoms with Crippen molar-refractivity contribution in [2.45, 2.75) is 39.3 Å². The van der Waals surface area contributed by atoms with Crippen molar-refractivity contribution in [2.24, 2.45) is 11.7 Å². The van der Waals surface area contributed by atoms with Crippen LogP contribution in [-0.2, 0) is 17.8 Å². The Kier molecular flexibility index (Phi) is 7.87. The summed E-state index contributed by atoms with van der Waals surface area (Å²) in [5.41, 5.74) is 8.79. The summed E-state index contributed by atoms with van der Waals surface area (Å²) in [6.45, 7) is 7.67. The van der Waals surface area contributed by atoms with Gasteiger partial charge in [-0.15, -0.1) is 12.4 Å². The minimum atomic E-state index is -0.392. The molecule has 1 aliphatic heterocycles. The third-order valence-corrected chi connectivity index (χ3v) is 4.50. The van der Waals surface area contributed by atoms with E-state index in [0.29, 0.717) is 6.54 Å². The lowest BCUT2D eigenvalue weighted by Gasteiger charge is -2.29. The summed E-state index contributed by atoms with van der Waals surface area (Å²) in [5, 5.41) is 2.96. The van der Waals surface area contributed by atoms with Crippen molar-refractivity contribution in [2.75, 3.05) is 19.6 Å². The molecule has 0 bridgehead atoms. The molecule has 1 heterocycles. The van der Waals surface area contributed by atoms with E-state index in [0.717, 1.165) is 32.5 Å². The van der Waals surface area contributed by atoms with E-state index in [-0.39, 0.29) is 24.2 Å². The molecule has 5 heteroatoms. The molecular formula is C17H28ClN3O. The van der Waals surface area contributed by atoms with Crippen molar-refractivity contribution in [3.8, 4) is 0 Å². The highest BCUT2D eigenvalue weighted by atomic mass is 35.5. The van der Waals surface area contributed by atoms with Gasteiger partial charge in [-0.3, -0.25) is 9.69 Å². The highest BCUT2D eigenvalue weighted by Gasteiger charge is 2.20. The van der Waals surface area contributed by atoms with Crippen LogP contribution in [0.15, 0.2) is 24.3 Å². The summed E-state index contributed by atoms with van der Waals surface area (Å²) in [6.07, 6.45) is 2.02. The first-order chi connectivity index (χ1) is 10.1. The van der Waals surface area contributed by atoms with Crippen LogP contribution in [0.25, 0.3) is 0 Å². The quantitative estimate of drug-likeness (QED) is 0.840. The first-order valence-electron chi connectivity index (χ1n) is 7.94. The second kappa shape index (κ2) is 9.13. The predicted molar refractivity (Wildman–Crippen MR) is 93.1 cm³/mol. The van der Waals surface area contributed by atoms with Gasteiger partial charge in [0.1, 0.15) is 0 Å². The highest BCUT2D eigenvalue weighted by molar-refractivity contribution is 5.85. The van der Waals surface area contributed by atoms with E-state index in [4.69, 9.17) is 5.73 Å². The van der Waals surface area contributed by atoms with Crippen molar-refractivity contribution >= 4 is 18.3 Å². The maximum Gasteiger partial charge on any atom is 0.237 e. The summed E-state index contributed by atoms with van der Waals surface area (Å²) >= 11 is 0. The molecule has 1 aromatic rings. The van der Waals surface area contributed by atoms with Gasteiger partial charge >= 0.3 is 0 Å². The van der Waals surface area contributed by atoms with Gasteiger partial charge in [0.2, 0.25) is 5.91 Å². The van der Waals surface area contributed by atoms with Crippen molar-refractivity contribution in [3.63, 3.8) is 0 Å². The molecule has 0 aliphatic carbocycles. The van der Waals surface area contributed by atoms with Gasteiger partial charge in [-0.25, -0.2) is 0 Å². The van der Waals surface area contributed by atoms with E-state index >= 15 is 0 Å². The largest absolute Gasteiger partial charge is 0.353 e. The Morgan fingerprint density at radius 3 is 2.73 bits per heavy atom. The lowest BCUT2D eigenvalue weighted by Crippen LogP contribution is -2.47. The number of rotatable bonds is 6. The van der Waals surface area contributed by atoms with Crippen LogP contribution in [0.5, 0.6) is 0 Å². The second-order valence-electron chi connectivity index (χ2n) is 6.00. The molecule has 2 unspecified atom stereocenters. The Hall–Kier alpha value is -1.10. The first-order valence-corrected chi connectivity index (χ1v) is 7.94. The Balaban J connectivity index is 0.00000242. The third kappa shape index (κ3) is 4.97. The molecule has 0 saturated carbocycles. The molecule has 0 aromatic heterocycles. The van der Waals surface area contributed by atoms with E-state index in [2.05, 4.69) is 41.4 Å². The fraction of sp³-hybridized carbons (Fsp3) is 0.588. The minimum absolute atomic E-state index is 0. The molecule has 1 aromatic carbocycles. The zero-order chi connectivity index (χ0) is 15.2. The van der Waals surface area contributed by atoms with Gasteiger partial charge in [0.25, 0.3) is 0 Å². The molecule has 4 nitrogen and oxygen atoms in total. The van der Waals surface area contributed by atoms with Crippen LogP contribution in [0.1, 0.15) is 31.4 Å². The number of carbonyl (C=O) groups is 1. The molecule has 0 spiro atoms. The number of benzene rings is 1. The number of nitrogens with two attached hydrogens (primary N) is 1. The van der Waals surface area contributed by atoms with Gasteiger partial charge in [0.15, 0.2) is 0 Å². The van der Waals surface area contributed by atoms with Gasteiger partial charge in [0.05, 0.1) is 6.04 Å². The second-order valence-corrected chi connectivity index (χ2v) is 6.00. The van der Waals surface area contributed by atoms with Crippen molar-refractivity contribution in [1.82, 2.24) is 10.2 Å². The molecule has 2 atom stereocenters. The van der Waals surface area contributed by atoms with Gasteiger partial charge in [-0.1, -0.05) is 44.5 Å². The van der Waals surface area contributed by atoms with Crippen LogP contribution in [0.2, 0.25) is 0 Å². The van der Waals surface area contributed by atoms with E-state index < -0.39 is 6.04 Å². The first kappa shape index (κ1) is 18.9. The molecular weight excluding hydrogens is 298 g/mol. The predicted octanol–water partition coefficient (Wildman–Crippen LogP) is 1.96. The van der Waals surface area contributed by atoms with Crippen LogP contribution >= 0.6 is 12.4 Å². The fourth-order valence-electron chi connectivity index (χ4n) is 2.71. The number of halogens is 1. The minimum Gasteiger partial charge on any atom is -0.353 e. The average molecular weight is 326 g/mol.